The van der Waals surface area contributed by atoms with Crippen LogP contribution in [0.5, 0.6) is 5.75 Å². The van der Waals surface area contributed by atoms with Crippen LogP contribution >= 0.6 is 0 Å². The Labute approximate surface area is 191 Å². The van der Waals surface area contributed by atoms with E-state index in [1.165, 1.54) is 43.3 Å². The highest BCUT2D eigenvalue weighted by Gasteiger charge is 2.22. The fraction of sp³-hybridized carbons (Fsp3) is 0.208. The fourth-order valence-electron chi connectivity index (χ4n) is 3.36. The first-order chi connectivity index (χ1) is 15.6. The van der Waals surface area contributed by atoms with Crippen LogP contribution in [0, 0.1) is 12.7 Å². The topological polar surface area (TPSA) is 130 Å². The van der Waals surface area contributed by atoms with E-state index in [1.807, 2.05) is 0 Å². The van der Waals surface area contributed by atoms with E-state index in [0.717, 1.165) is 11.6 Å². The summed E-state index contributed by atoms with van der Waals surface area (Å²) >= 11 is 0. The fourth-order valence-corrected chi connectivity index (χ4v) is 4.74. The molecule has 0 spiro atoms. The Morgan fingerprint density at radius 3 is 2.42 bits per heavy atom. The van der Waals surface area contributed by atoms with Gasteiger partial charge in [-0.2, -0.15) is 0 Å². The molecule has 0 aliphatic carbocycles. The molecule has 0 unspecified atom stereocenters. The van der Waals surface area contributed by atoms with Crippen LogP contribution in [0.25, 0.3) is 0 Å². The number of hydrogen-bond donors (Lipinski definition) is 4. The molecule has 3 rings (SSSR count). The van der Waals surface area contributed by atoms with Gasteiger partial charge >= 0.3 is 0 Å². The molecule has 0 saturated heterocycles. The van der Waals surface area contributed by atoms with Gasteiger partial charge in [-0.1, -0.05) is 24.3 Å². The van der Waals surface area contributed by atoms with E-state index in [-0.39, 0.29) is 33.2 Å². The van der Waals surface area contributed by atoms with E-state index < -0.39 is 27.7 Å². The summed E-state index contributed by atoms with van der Waals surface area (Å²) in [6.07, 6.45) is -0.257. The monoisotopic (exact) mass is 472 g/mol. The van der Waals surface area contributed by atoms with Crippen molar-refractivity contribution < 1.29 is 27.8 Å². The second kappa shape index (κ2) is 10.1. The van der Waals surface area contributed by atoms with Crippen molar-refractivity contribution in [1.82, 2.24) is 5.32 Å². The molecule has 0 aliphatic rings. The lowest BCUT2D eigenvalue weighted by atomic mass is 10.1. The molecule has 0 bridgehead atoms. The number of aromatic hydroxyl groups is 1. The number of nitrogens with two attached hydrogens (primary N) is 1. The summed E-state index contributed by atoms with van der Waals surface area (Å²) < 4.78 is 39.2. The number of benzene rings is 3. The van der Waals surface area contributed by atoms with Gasteiger partial charge in [0.2, 0.25) is 9.84 Å². The van der Waals surface area contributed by atoms with Crippen molar-refractivity contribution in [2.45, 2.75) is 29.2 Å². The van der Waals surface area contributed by atoms with E-state index in [0.29, 0.717) is 18.5 Å². The van der Waals surface area contributed by atoms with Crippen molar-refractivity contribution in [3.05, 3.63) is 88.7 Å². The molecular weight excluding hydrogens is 447 g/mol. The summed E-state index contributed by atoms with van der Waals surface area (Å²) in [7, 11) is -3.92. The lowest BCUT2D eigenvalue weighted by Gasteiger charge is -2.13. The molecular formula is C24H25FN2O5S. The molecule has 0 radical (unpaired) electrons. The molecule has 0 aromatic heterocycles. The van der Waals surface area contributed by atoms with Gasteiger partial charge < -0.3 is 21.3 Å². The van der Waals surface area contributed by atoms with Crippen molar-refractivity contribution in [2.75, 3.05) is 13.1 Å². The van der Waals surface area contributed by atoms with E-state index >= 15 is 0 Å². The molecule has 7 nitrogen and oxygen atoms in total. The number of amides is 1. The van der Waals surface area contributed by atoms with Crippen LogP contribution in [0.15, 0.2) is 70.5 Å². The van der Waals surface area contributed by atoms with E-state index in [2.05, 4.69) is 5.32 Å². The lowest BCUT2D eigenvalue weighted by Crippen LogP contribution is -2.23. The zero-order valence-electron chi connectivity index (χ0n) is 18.0. The Morgan fingerprint density at radius 2 is 1.79 bits per heavy atom. The molecule has 1 atom stereocenters. The largest absolute Gasteiger partial charge is 0.507 e. The number of carbonyl (C=O) groups excluding carboxylic acids is 1. The molecule has 3 aromatic carbocycles. The number of aliphatic hydroxyl groups is 1. The summed E-state index contributed by atoms with van der Waals surface area (Å²) in [5.74, 6) is -1.67. The van der Waals surface area contributed by atoms with Crippen LogP contribution in [0.4, 0.5) is 4.39 Å². The minimum atomic E-state index is -3.92. The van der Waals surface area contributed by atoms with Gasteiger partial charge in [-0.3, -0.25) is 4.79 Å². The summed E-state index contributed by atoms with van der Waals surface area (Å²) in [4.78, 5) is 11.4. The Kier molecular flexibility index (Phi) is 7.47. The highest BCUT2D eigenvalue weighted by molar-refractivity contribution is 7.91. The standard InChI is InChI=1S/C24H25FN2O5S/c1-15-11-20(13-21(23(15)29)24(26)30)33(31,32)19-7-5-16(6-8-19)9-10-27-14-22(28)17-3-2-4-18(25)12-17/h2-8,11-13,22,27-29H,9-10,14H2,1H3,(H2,26,30)/t22-/m1/s1. The summed E-state index contributed by atoms with van der Waals surface area (Å²) in [6, 6.07) is 14.5. The highest BCUT2D eigenvalue weighted by atomic mass is 32.2. The SMILES string of the molecule is Cc1cc(S(=O)(=O)c2ccc(CCNC[C@@H](O)c3cccc(F)c3)cc2)cc(C(N)=O)c1O. The summed E-state index contributed by atoms with van der Waals surface area (Å²) in [5.41, 5.74) is 6.58. The lowest BCUT2D eigenvalue weighted by molar-refractivity contribution is 0.0997. The van der Waals surface area contributed by atoms with Gasteiger partial charge in [-0.25, -0.2) is 12.8 Å². The number of aryl methyl sites for hydroxylation is 1. The second-order valence-corrected chi connectivity index (χ2v) is 9.62. The third-order valence-corrected chi connectivity index (χ3v) is 6.99. The average molecular weight is 473 g/mol. The number of aliphatic hydroxyl groups excluding tert-OH is 1. The molecule has 1 amide bonds. The van der Waals surface area contributed by atoms with Gasteiger partial charge in [-0.05, 0) is 73.0 Å². The van der Waals surface area contributed by atoms with Crippen molar-refractivity contribution in [3.63, 3.8) is 0 Å². The van der Waals surface area contributed by atoms with Crippen molar-refractivity contribution in [2.24, 2.45) is 5.73 Å². The zero-order chi connectivity index (χ0) is 24.2. The van der Waals surface area contributed by atoms with E-state index in [1.54, 1.807) is 18.2 Å². The summed E-state index contributed by atoms with van der Waals surface area (Å²) in [6.45, 7) is 2.26. The predicted molar refractivity (Wildman–Crippen MR) is 121 cm³/mol. The first-order valence-corrected chi connectivity index (χ1v) is 11.7. The quantitative estimate of drug-likeness (QED) is 0.354. The van der Waals surface area contributed by atoms with Crippen LogP contribution in [-0.2, 0) is 16.3 Å². The van der Waals surface area contributed by atoms with E-state index in [4.69, 9.17) is 5.73 Å². The number of primary amides is 1. The van der Waals surface area contributed by atoms with Gasteiger partial charge in [0.15, 0.2) is 0 Å². The van der Waals surface area contributed by atoms with Crippen LogP contribution < -0.4 is 11.1 Å². The number of carbonyl (C=O) groups is 1. The number of hydrogen-bond acceptors (Lipinski definition) is 6. The maximum atomic E-state index is 13.2. The van der Waals surface area contributed by atoms with Gasteiger partial charge in [0.05, 0.1) is 21.5 Å². The number of phenols is 1. The Bertz CT molecular complexity index is 1260. The van der Waals surface area contributed by atoms with Gasteiger partial charge in [0.1, 0.15) is 11.6 Å². The molecule has 33 heavy (non-hydrogen) atoms. The third-order valence-electron chi connectivity index (χ3n) is 5.25. The molecule has 0 aliphatic heterocycles. The number of nitrogens with one attached hydrogen (secondary N) is 1. The highest BCUT2D eigenvalue weighted by Crippen LogP contribution is 2.29. The Morgan fingerprint density at radius 1 is 1.09 bits per heavy atom. The van der Waals surface area contributed by atoms with Crippen molar-refractivity contribution in [3.8, 4) is 5.75 Å². The Hall–Kier alpha value is -3.27. The third kappa shape index (κ3) is 5.75. The van der Waals surface area contributed by atoms with Crippen LogP contribution in [0.1, 0.15) is 33.2 Å². The maximum Gasteiger partial charge on any atom is 0.252 e. The minimum absolute atomic E-state index is 0.0428. The first-order valence-electron chi connectivity index (χ1n) is 10.2. The van der Waals surface area contributed by atoms with Crippen LogP contribution in [-0.4, -0.2) is 37.6 Å². The summed E-state index contributed by atoms with van der Waals surface area (Å²) in [5, 5.41) is 23.2. The molecule has 0 fully saturated rings. The van der Waals surface area contributed by atoms with Crippen LogP contribution in [0.3, 0.4) is 0 Å². The minimum Gasteiger partial charge on any atom is -0.507 e. The molecule has 0 heterocycles. The van der Waals surface area contributed by atoms with Crippen molar-refractivity contribution >= 4 is 15.7 Å². The normalized spacial score (nSPS) is 12.5. The van der Waals surface area contributed by atoms with Gasteiger partial charge in [-0.15, -0.1) is 0 Å². The number of sulfone groups is 1. The average Bonchev–Trinajstić information content (AvgIpc) is 2.78. The van der Waals surface area contributed by atoms with Gasteiger partial charge in [0.25, 0.3) is 5.91 Å². The predicted octanol–water partition coefficient (Wildman–Crippen LogP) is 2.64. The Balaban J connectivity index is 1.63. The zero-order valence-corrected chi connectivity index (χ0v) is 18.8. The molecule has 5 N–H and O–H groups in total. The van der Waals surface area contributed by atoms with E-state index in [9.17, 15) is 27.8 Å². The number of rotatable bonds is 9. The molecule has 174 valence electrons. The van der Waals surface area contributed by atoms with Crippen LogP contribution in [0.2, 0.25) is 0 Å². The van der Waals surface area contributed by atoms with Gasteiger partial charge in [0, 0.05) is 6.54 Å². The molecule has 9 heteroatoms. The first kappa shape index (κ1) is 24.4. The molecule has 0 saturated carbocycles. The second-order valence-electron chi connectivity index (χ2n) is 7.67. The maximum absolute atomic E-state index is 13.2. The number of halogens is 1. The molecule has 3 aromatic rings. The smallest absolute Gasteiger partial charge is 0.252 e. The van der Waals surface area contributed by atoms with Crippen molar-refractivity contribution in [1.29, 1.82) is 0 Å².